The number of ether oxygens (including phenoxy) is 1. The van der Waals surface area contributed by atoms with Gasteiger partial charge in [-0.1, -0.05) is 44.2 Å². The molecular formula is C13H20ClNO2. The van der Waals surface area contributed by atoms with E-state index in [9.17, 15) is 4.79 Å². The van der Waals surface area contributed by atoms with Gasteiger partial charge >= 0.3 is 5.97 Å². The predicted molar refractivity (Wildman–Crippen MR) is 71.2 cm³/mol. The summed E-state index contributed by atoms with van der Waals surface area (Å²) < 4.78 is 5.07. The van der Waals surface area contributed by atoms with Crippen LogP contribution in [0.25, 0.3) is 0 Å². The van der Waals surface area contributed by atoms with Crippen molar-refractivity contribution in [3.63, 3.8) is 0 Å². The van der Waals surface area contributed by atoms with Crippen molar-refractivity contribution in [3.8, 4) is 0 Å². The Labute approximate surface area is 109 Å². The van der Waals surface area contributed by atoms with Crippen LogP contribution in [0.15, 0.2) is 30.3 Å². The summed E-state index contributed by atoms with van der Waals surface area (Å²) in [6.07, 6.45) is 0.728. The van der Waals surface area contributed by atoms with E-state index in [1.165, 1.54) is 0 Å². The maximum Gasteiger partial charge on any atom is 0.308 e. The number of benzene rings is 1. The Kier molecular flexibility index (Phi) is 7.59. The van der Waals surface area contributed by atoms with E-state index in [-0.39, 0.29) is 36.9 Å². The first-order chi connectivity index (χ1) is 7.59. The summed E-state index contributed by atoms with van der Waals surface area (Å²) >= 11 is 0. The number of carbonyl (C=O) groups is 1. The second-order valence-corrected chi connectivity index (χ2v) is 4.23. The Hall–Kier alpha value is -1.06. The number of nitrogens with two attached hydrogens (primary N) is 1. The average molecular weight is 258 g/mol. The molecule has 0 saturated heterocycles. The maximum atomic E-state index is 11.2. The minimum absolute atomic E-state index is 0. The summed E-state index contributed by atoms with van der Waals surface area (Å²) in [6.45, 7) is 3.90. The molecule has 1 aromatic carbocycles. The van der Waals surface area contributed by atoms with Gasteiger partial charge < -0.3 is 10.5 Å². The van der Waals surface area contributed by atoms with E-state index >= 15 is 0 Å². The highest BCUT2D eigenvalue weighted by atomic mass is 35.5. The maximum absolute atomic E-state index is 11.2. The number of esters is 1. The molecule has 1 unspecified atom stereocenters. The Balaban J connectivity index is 0.00000256. The van der Waals surface area contributed by atoms with Crippen LogP contribution in [0.5, 0.6) is 0 Å². The Bertz CT molecular complexity index is 327. The monoisotopic (exact) mass is 257 g/mol. The quantitative estimate of drug-likeness (QED) is 0.823. The van der Waals surface area contributed by atoms with Crippen LogP contribution in [0.1, 0.15) is 19.4 Å². The minimum atomic E-state index is -0.191. The third-order valence-electron chi connectivity index (χ3n) is 2.25. The third-order valence-corrected chi connectivity index (χ3v) is 2.25. The Morgan fingerprint density at radius 1 is 1.29 bits per heavy atom. The van der Waals surface area contributed by atoms with Crippen molar-refractivity contribution in [1.82, 2.24) is 0 Å². The van der Waals surface area contributed by atoms with Crippen LogP contribution in [-0.2, 0) is 16.0 Å². The molecule has 0 aliphatic heterocycles. The average Bonchev–Trinajstić information content (AvgIpc) is 2.27. The second kappa shape index (κ2) is 8.09. The van der Waals surface area contributed by atoms with Crippen molar-refractivity contribution >= 4 is 18.4 Å². The first-order valence-corrected chi connectivity index (χ1v) is 5.55. The molecule has 1 aromatic rings. The van der Waals surface area contributed by atoms with Crippen molar-refractivity contribution < 1.29 is 9.53 Å². The van der Waals surface area contributed by atoms with E-state index in [0.29, 0.717) is 0 Å². The molecule has 0 heterocycles. The molecule has 96 valence electrons. The number of hydrogen-bond donors (Lipinski definition) is 1. The van der Waals surface area contributed by atoms with Crippen molar-refractivity contribution in [3.05, 3.63) is 35.9 Å². The topological polar surface area (TPSA) is 52.3 Å². The van der Waals surface area contributed by atoms with E-state index < -0.39 is 0 Å². The fourth-order valence-electron chi connectivity index (χ4n) is 1.33. The summed E-state index contributed by atoms with van der Waals surface area (Å²) in [5.74, 6) is -0.285. The molecule has 0 saturated carbocycles. The zero-order valence-electron chi connectivity index (χ0n) is 10.3. The molecule has 4 heteroatoms. The van der Waals surface area contributed by atoms with Crippen molar-refractivity contribution in [2.24, 2.45) is 11.7 Å². The molecule has 0 amide bonds. The lowest BCUT2D eigenvalue weighted by Gasteiger charge is -2.13. The summed E-state index contributed by atoms with van der Waals surface area (Å²) in [7, 11) is 0. The van der Waals surface area contributed by atoms with E-state index in [0.717, 1.165) is 12.0 Å². The van der Waals surface area contributed by atoms with Gasteiger partial charge in [-0.3, -0.25) is 4.79 Å². The lowest BCUT2D eigenvalue weighted by atomic mass is 10.1. The van der Waals surface area contributed by atoms with E-state index in [4.69, 9.17) is 10.5 Å². The summed E-state index contributed by atoms with van der Waals surface area (Å²) in [5, 5.41) is 0. The standard InChI is InChI=1S/C13H19NO2.ClH/c1-10(2)13(15)16-9-12(14)8-11-6-4-3-5-7-11;/h3-7,10,12H,8-9,14H2,1-2H3;1H. The summed E-state index contributed by atoms with van der Waals surface area (Å²) in [6, 6.07) is 9.82. The highest BCUT2D eigenvalue weighted by Gasteiger charge is 2.11. The lowest BCUT2D eigenvalue weighted by Crippen LogP contribution is -2.30. The van der Waals surface area contributed by atoms with E-state index in [2.05, 4.69) is 0 Å². The second-order valence-electron chi connectivity index (χ2n) is 4.23. The zero-order valence-corrected chi connectivity index (χ0v) is 11.1. The number of halogens is 1. The molecule has 0 spiro atoms. The van der Waals surface area contributed by atoms with Gasteiger partial charge in [0.1, 0.15) is 6.61 Å². The number of rotatable bonds is 5. The van der Waals surface area contributed by atoms with Crippen LogP contribution in [0.2, 0.25) is 0 Å². The van der Waals surface area contributed by atoms with Crippen LogP contribution in [0, 0.1) is 5.92 Å². The van der Waals surface area contributed by atoms with Gasteiger partial charge in [0, 0.05) is 6.04 Å². The van der Waals surface area contributed by atoms with Crippen LogP contribution in [-0.4, -0.2) is 18.6 Å². The predicted octanol–water partition coefficient (Wildman–Crippen LogP) is 2.18. The molecule has 0 radical (unpaired) electrons. The van der Waals surface area contributed by atoms with Gasteiger partial charge in [-0.25, -0.2) is 0 Å². The van der Waals surface area contributed by atoms with Gasteiger partial charge in [-0.15, -0.1) is 12.4 Å². The normalized spacial score (nSPS) is 11.8. The zero-order chi connectivity index (χ0) is 12.0. The summed E-state index contributed by atoms with van der Waals surface area (Å²) in [4.78, 5) is 11.2. The van der Waals surface area contributed by atoms with Gasteiger partial charge in [0.15, 0.2) is 0 Å². The lowest BCUT2D eigenvalue weighted by molar-refractivity contribution is -0.147. The summed E-state index contributed by atoms with van der Waals surface area (Å²) in [5.41, 5.74) is 7.04. The smallest absolute Gasteiger partial charge is 0.308 e. The molecule has 0 aliphatic rings. The molecule has 17 heavy (non-hydrogen) atoms. The Morgan fingerprint density at radius 3 is 2.41 bits per heavy atom. The molecule has 0 aliphatic carbocycles. The first kappa shape index (κ1) is 15.9. The number of hydrogen-bond acceptors (Lipinski definition) is 3. The van der Waals surface area contributed by atoms with Gasteiger partial charge in [-0.05, 0) is 12.0 Å². The van der Waals surface area contributed by atoms with Crippen LogP contribution in [0.4, 0.5) is 0 Å². The van der Waals surface area contributed by atoms with Crippen molar-refractivity contribution in [1.29, 1.82) is 0 Å². The molecule has 1 rings (SSSR count). The van der Waals surface area contributed by atoms with Crippen LogP contribution in [0.3, 0.4) is 0 Å². The molecule has 3 nitrogen and oxygen atoms in total. The highest BCUT2D eigenvalue weighted by molar-refractivity contribution is 5.85. The Morgan fingerprint density at radius 2 is 1.88 bits per heavy atom. The van der Waals surface area contributed by atoms with Gasteiger partial charge in [-0.2, -0.15) is 0 Å². The molecule has 0 bridgehead atoms. The largest absolute Gasteiger partial charge is 0.464 e. The fraction of sp³-hybridized carbons (Fsp3) is 0.462. The van der Waals surface area contributed by atoms with Gasteiger partial charge in [0.05, 0.1) is 5.92 Å². The van der Waals surface area contributed by atoms with Gasteiger partial charge in [0.2, 0.25) is 0 Å². The third kappa shape index (κ3) is 6.29. The highest BCUT2D eigenvalue weighted by Crippen LogP contribution is 2.03. The van der Waals surface area contributed by atoms with Gasteiger partial charge in [0.25, 0.3) is 0 Å². The SMILES string of the molecule is CC(C)C(=O)OCC(N)Cc1ccccc1.Cl. The fourth-order valence-corrected chi connectivity index (χ4v) is 1.33. The molecular weight excluding hydrogens is 238 g/mol. The first-order valence-electron chi connectivity index (χ1n) is 5.55. The van der Waals surface area contributed by atoms with Crippen LogP contribution >= 0.6 is 12.4 Å². The van der Waals surface area contributed by atoms with Crippen molar-refractivity contribution in [2.45, 2.75) is 26.3 Å². The van der Waals surface area contributed by atoms with Crippen molar-refractivity contribution in [2.75, 3.05) is 6.61 Å². The minimum Gasteiger partial charge on any atom is -0.464 e. The molecule has 2 N–H and O–H groups in total. The molecule has 0 fully saturated rings. The molecule has 0 aromatic heterocycles. The van der Waals surface area contributed by atoms with E-state index in [1.807, 2.05) is 44.2 Å². The number of carbonyl (C=O) groups excluding carboxylic acids is 1. The molecule has 1 atom stereocenters. The van der Waals surface area contributed by atoms with E-state index in [1.54, 1.807) is 0 Å². The van der Waals surface area contributed by atoms with Crippen LogP contribution < -0.4 is 5.73 Å².